The van der Waals surface area contributed by atoms with Gasteiger partial charge in [0.05, 0.1) is 12.7 Å². The van der Waals surface area contributed by atoms with Crippen LogP contribution in [0.5, 0.6) is 11.8 Å². The van der Waals surface area contributed by atoms with Crippen LogP contribution in [0.2, 0.25) is 0 Å². The van der Waals surface area contributed by atoms with Crippen LogP contribution in [0.4, 0.5) is 19.0 Å². The van der Waals surface area contributed by atoms with Crippen molar-refractivity contribution in [3.8, 4) is 11.8 Å². The van der Waals surface area contributed by atoms with Gasteiger partial charge in [-0.1, -0.05) is 45.9 Å². The molecule has 6 rings (SSSR count). The van der Waals surface area contributed by atoms with E-state index in [0.717, 1.165) is 25.8 Å². The van der Waals surface area contributed by atoms with Gasteiger partial charge in [0.2, 0.25) is 0 Å². The third-order valence-corrected chi connectivity index (χ3v) is 9.36. The van der Waals surface area contributed by atoms with Crippen molar-refractivity contribution in [2.24, 2.45) is 0 Å². The molecule has 0 bridgehead atoms. The molecule has 0 spiro atoms. The molecule has 268 valence electrons. The van der Waals surface area contributed by atoms with Crippen molar-refractivity contribution in [2.75, 3.05) is 38.2 Å². The van der Waals surface area contributed by atoms with Crippen LogP contribution in [0.1, 0.15) is 90.7 Å². The zero-order valence-electron chi connectivity index (χ0n) is 30.0. The molecular formula is C39H53F3N4O3. The van der Waals surface area contributed by atoms with E-state index in [1.54, 1.807) is 26.0 Å². The van der Waals surface area contributed by atoms with Crippen LogP contribution in [0, 0.1) is 5.82 Å². The van der Waals surface area contributed by atoms with Crippen LogP contribution < -0.4 is 20.2 Å². The normalized spacial score (nSPS) is 23.2. The molecule has 0 saturated carbocycles. The number of phenolic OH excluding ortho intramolecular Hbond substituents is 1. The highest BCUT2D eigenvalue weighted by molar-refractivity contribution is 6.05. The lowest BCUT2D eigenvalue weighted by molar-refractivity contribution is 0.0611. The van der Waals surface area contributed by atoms with Crippen LogP contribution in [0.15, 0.2) is 30.8 Å². The topological polar surface area (TPSA) is 82.0 Å². The molecule has 0 amide bonds. The maximum Gasteiger partial charge on any atom is 0.318 e. The van der Waals surface area contributed by atoms with Gasteiger partial charge in [0.25, 0.3) is 0 Å². The van der Waals surface area contributed by atoms with Gasteiger partial charge in [0.1, 0.15) is 28.9 Å². The summed E-state index contributed by atoms with van der Waals surface area (Å²) in [5.41, 5.74) is -0.273. The van der Waals surface area contributed by atoms with Crippen molar-refractivity contribution in [1.29, 1.82) is 0 Å². The summed E-state index contributed by atoms with van der Waals surface area (Å²) in [6, 6.07) is 6.40. The van der Waals surface area contributed by atoms with Gasteiger partial charge in [-0.05, 0) is 105 Å². The predicted octanol–water partition coefficient (Wildman–Crippen LogP) is 6.99. The number of aromatic nitrogens is 2. The number of aryl methyl sites for hydroxylation is 1. The number of ether oxygens (including phenoxy) is 1. The number of β-amino-alcohol motifs (C(OH)–C–C–N with tert-alkyl or cyclic N) is 1. The summed E-state index contributed by atoms with van der Waals surface area (Å²) in [6.07, 6.45) is 8.52. The molecular weight excluding hydrogens is 629 g/mol. The van der Waals surface area contributed by atoms with E-state index in [9.17, 15) is 19.0 Å². The summed E-state index contributed by atoms with van der Waals surface area (Å²) in [5.74, 6) is -0.775. The summed E-state index contributed by atoms with van der Waals surface area (Å²) in [5, 5.41) is 22.7. The number of fused-ring (bicyclic) bond motifs is 2. The van der Waals surface area contributed by atoms with Crippen molar-refractivity contribution < 1.29 is 28.1 Å². The Hall–Kier alpha value is -3.63. The number of rotatable bonds is 5. The number of anilines is 1. The van der Waals surface area contributed by atoms with E-state index in [2.05, 4.69) is 35.3 Å². The molecule has 3 saturated heterocycles. The molecule has 49 heavy (non-hydrogen) atoms. The van der Waals surface area contributed by atoms with Gasteiger partial charge in [0.15, 0.2) is 5.83 Å². The Bertz CT molecular complexity index is 1730. The van der Waals surface area contributed by atoms with E-state index < -0.39 is 23.4 Å². The third-order valence-electron chi connectivity index (χ3n) is 9.36. The number of aromatic hydroxyl groups is 1. The SMILES string of the molecule is C=C(/C(F)=c1/nc(OC)nc(N2CCCCC(C)(O)C2)/c1=C/C)c1cc(O)cc2ccc(F)c(CC)c12.CCC.FC1CC2CCCN2C1. The summed E-state index contributed by atoms with van der Waals surface area (Å²) >= 11 is 0. The van der Waals surface area contributed by atoms with E-state index in [1.165, 1.54) is 44.6 Å². The number of nitrogens with zero attached hydrogens (tertiary/aromatic N) is 4. The Kier molecular flexibility index (Phi) is 13.1. The van der Waals surface area contributed by atoms with Gasteiger partial charge in [-0.15, -0.1) is 0 Å². The Labute approximate surface area is 288 Å². The lowest BCUT2D eigenvalue weighted by Gasteiger charge is -2.29. The molecule has 3 atom stereocenters. The Morgan fingerprint density at radius 1 is 1.14 bits per heavy atom. The molecule has 2 N–H and O–H groups in total. The molecule has 0 aliphatic carbocycles. The first kappa shape index (κ1) is 38.2. The molecule has 4 heterocycles. The molecule has 7 nitrogen and oxygen atoms in total. The molecule has 3 fully saturated rings. The van der Waals surface area contributed by atoms with Crippen molar-refractivity contribution in [2.45, 2.75) is 104 Å². The molecule has 3 aromatic rings. The van der Waals surface area contributed by atoms with Crippen molar-refractivity contribution in [3.05, 3.63) is 58.4 Å². The standard InChI is InChI=1S/C29H33F2N3O3.C7H12FN.C3H8/c1-6-20-23(30)11-10-18-14-19(35)15-22(24(18)20)17(3)25(31)26-21(7-2)27(33-28(32-26)37-5)34-13-9-8-12-29(4,36)16-34;8-6-4-7-2-1-3-9(7)5-6;1-3-2/h7,10-11,14-15,35-36H,3,6,8-9,12-13,16H2,1-2,4-5H3;6-7H,1-5H2;3H2,1-2H3/b21-7+,26-25-;;. The van der Waals surface area contributed by atoms with Gasteiger partial charge in [0, 0.05) is 36.5 Å². The number of hydrogen-bond donors (Lipinski definition) is 2. The van der Waals surface area contributed by atoms with E-state index in [0.29, 0.717) is 65.9 Å². The van der Waals surface area contributed by atoms with Crippen molar-refractivity contribution in [1.82, 2.24) is 14.9 Å². The molecule has 3 unspecified atom stereocenters. The van der Waals surface area contributed by atoms with E-state index in [-0.39, 0.29) is 28.2 Å². The average molecular weight is 683 g/mol. The maximum absolute atomic E-state index is 16.4. The number of alkyl halides is 1. The fourth-order valence-electron chi connectivity index (χ4n) is 7.13. The number of halogens is 3. The zero-order valence-corrected chi connectivity index (χ0v) is 30.0. The number of allylic oxidation sites excluding steroid dienone is 1. The van der Waals surface area contributed by atoms with Gasteiger partial charge < -0.3 is 19.8 Å². The second kappa shape index (κ2) is 16.9. The highest BCUT2D eigenvalue weighted by atomic mass is 19.1. The van der Waals surface area contributed by atoms with Crippen LogP contribution in [0.3, 0.4) is 0 Å². The monoisotopic (exact) mass is 682 g/mol. The second-order valence-electron chi connectivity index (χ2n) is 13.6. The lowest BCUT2D eigenvalue weighted by atomic mass is 9.92. The summed E-state index contributed by atoms with van der Waals surface area (Å²) in [4.78, 5) is 13.1. The minimum Gasteiger partial charge on any atom is -0.508 e. The molecule has 0 radical (unpaired) electrons. The number of hydrogen-bond acceptors (Lipinski definition) is 7. The van der Waals surface area contributed by atoms with E-state index in [4.69, 9.17) is 4.74 Å². The van der Waals surface area contributed by atoms with Crippen LogP contribution in [-0.2, 0) is 6.42 Å². The number of aliphatic hydroxyl groups is 1. The molecule has 3 aliphatic heterocycles. The fraction of sp³-hybridized carbons (Fsp3) is 0.538. The van der Waals surface area contributed by atoms with Gasteiger partial charge in [-0.25, -0.2) is 13.2 Å². The summed E-state index contributed by atoms with van der Waals surface area (Å²) < 4.78 is 49.0. The minimum atomic E-state index is -0.924. The maximum atomic E-state index is 16.4. The van der Waals surface area contributed by atoms with Crippen LogP contribution in [-0.4, -0.2) is 76.2 Å². The quantitative estimate of drug-likeness (QED) is 0.301. The predicted molar refractivity (Wildman–Crippen MR) is 193 cm³/mol. The van der Waals surface area contributed by atoms with Crippen LogP contribution >= 0.6 is 0 Å². The first-order chi connectivity index (χ1) is 23.4. The summed E-state index contributed by atoms with van der Waals surface area (Å²) in [7, 11) is 1.41. The molecule has 10 heteroatoms. The largest absolute Gasteiger partial charge is 0.508 e. The van der Waals surface area contributed by atoms with Crippen LogP contribution in [0.25, 0.3) is 28.2 Å². The average Bonchev–Trinajstić information content (AvgIpc) is 3.60. The van der Waals surface area contributed by atoms with E-state index >= 15 is 4.39 Å². The Morgan fingerprint density at radius 2 is 1.88 bits per heavy atom. The Balaban J connectivity index is 0.000000377. The number of benzene rings is 2. The van der Waals surface area contributed by atoms with Crippen molar-refractivity contribution in [3.63, 3.8) is 0 Å². The van der Waals surface area contributed by atoms with E-state index in [1.807, 2.05) is 11.8 Å². The number of methoxy groups -OCH3 is 1. The molecule has 2 aromatic carbocycles. The number of phenols is 1. The smallest absolute Gasteiger partial charge is 0.318 e. The third kappa shape index (κ3) is 8.94. The minimum absolute atomic E-state index is 0.0239. The first-order valence-corrected chi connectivity index (χ1v) is 17.6. The highest BCUT2D eigenvalue weighted by Gasteiger charge is 2.34. The fourth-order valence-corrected chi connectivity index (χ4v) is 7.13. The van der Waals surface area contributed by atoms with Gasteiger partial charge in [-0.2, -0.15) is 9.97 Å². The first-order valence-electron chi connectivity index (χ1n) is 17.6. The Morgan fingerprint density at radius 3 is 2.53 bits per heavy atom. The lowest BCUT2D eigenvalue weighted by Crippen LogP contribution is -2.45. The van der Waals surface area contributed by atoms with Gasteiger partial charge in [-0.3, -0.25) is 4.90 Å². The highest BCUT2D eigenvalue weighted by Crippen LogP contribution is 2.36. The molecule has 3 aliphatic rings. The van der Waals surface area contributed by atoms with Gasteiger partial charge >= 0.3 is 6.01 Å². The zero-order chi connectivity index (χ0) is 35.9. The molecule has 1 aromatic heterocycles. The summed E-state index contributed by atoms with van der Waals surface area (Å²) in [6.45, 7) is 16.4. The second-order valence-corrected chi connectivity index (χ2v) is 13.6. The van der Waals surface area contributed by atoms with Crippen molar-refractivity contribution >= 4 is 34.1 Å².